The Kier molecular flexibility index (Phi) is 7.90. The third kappa shape index (κ3) is 8.91. The second-order valence-corrected chi connectivity index (χ2v) is 9.07. The zero-order valence-corrected chi connectivity index (χ0v) is 17.2. The molecule has 2 rings (SSSR count). The van der Waals surface area contributed by atoms with Crippen molar-refractivity contribution in [2.45, 2.75) is 25.3 Å². The number of rotatable bonds is 8. The first-order chi connectivity index (χ1) is 12.6. The number of benzene rings is 1. The summed E-state index contributed by atoms with van der Waals surface area (Å²) < 4.78 is 20.8. The molecule has 0 bridgehead atoms. The Bertz CT molecular complexity index is 851. The van der Waals surface area contributed by atoms with E-state index in [1.165, 1.54) is 0 Å². The van der Waals surface area contributed by atoms with Crippen molar-refractivity contribution in [3.8, 4) is 17.6 Å². The summed E-state index contributed by atoms with van der Waals surface area (Å²) in [6.07, 6.45) is 1.20. The van der Waals surface area contributed by atoms with Crippen LogP contribution < -0.4 is 10.5 Å². The fraction of sp³-hybridized carbons (Fsp3) is 0.333. The average molecular weight is 430 g/mol. The van der Waals surface area contributed by atoms with Crippen molar-refractivity contribution in [1.29, 1.82) is 0 Å². The van der Waals surface area contributed by atoms with Crippen LogP contribution in [0.1, 0.15) is 23.1 Å². The van der Waals surface area contributed by atoms with Crippen molar-refractivity contribution < 1.29 is 23.6 Å². The fourth-order valence-electron chi connectivity index (χ4n) is 2.07. The van der Waals surface area contributed by atoms with Crippen LogP contribution in [0, 0.1) is 11.8 Å². The van der Waals surface area contributed by atoms with Crippen LogP contribution in [0.2, 0.25) is 5.02 Å². The van der Waals surface area contributed by atoms with Crippen LogP contribution in [0.25, 0.3) is 0 Å². The molecule has 4 N–H and O–H groups in total. The van der Waals surface area contributed by atoms with Gasteiger partial charge in [0.1, 0.15) is 12.4 Å². The maximum atomic E-state index is 10.8. The van der Waals surface area contributed by atoms with E-state index in [1.54, 1.807) is 42.5 Å². The van der Waals surface area contributed by atoms with Gasteiger partial charge in [0.05, 0.1) is 11.5 Å². The number of hydrogen-bond acceptors (Lipinski definition) is 5. The van der Waals surface area contributed by atoms with Gasteiger partial charge in [-0.15, -0.1) is 11.3 Å². The molecule has 1 aromatic heterocycles. The summed E-state index contributed by atoms with van der Waals surface area (Å²) in [5.41, 5.74) is 5.19. The third-order valence-electron chi connectivity index (χ3n) is 3.50. The molecule has 0 saturated carbocycles. The van der Waals surface area contributed by atoms with E-state index in [9.17, 15) is 4.57 Å². The summed E-state index contributed by atoms with van der Waals surface area (Å²) >= 11 is 7.36. The van der Waals surface area contributed by atoms with E-state index in [1.807, 2.05) is 12.1 Å². The Morgan fingerprint density at radius 3 is 2.63 bits per heavy atom. The van der Waals surface area contributed by atoms with Crippen LogP contribution >= 0.6 is 30.8 Å². The van der Waals surface area contributed by atoms with E-state index in [0.717, 1.165) is 9.75 Å². The first kappa shape index (κ1) is 21.9. The molecule has 1 unspecified atom stereocenters. The van der Waals surface area contributed by atoms with Gasteiger partial charge < -0.3 is 20.3 Å². The Morgan fingerprint density at radius 1 is 1.26 bits per heavy atom. The average Bonchev–Trinajstić information content (AvgIpc) is 3.04. The number of hydrogen-bond donors (Lipinski definition) is 3. The monoisotopic (exact) mass is 429 g/mol. The van der Waals surface area contributed by atoms with Crippen molar-refractivity contribution in [1.82, 2.24) is 0 Å². The van der Waals surface area contributed by atoms with Crippen molar-refractivity contribution >= 4 is 30.8 Å². The molecule has 0 radical (unpaired) electrons. The van der Waals surface area contributed by atoms with Crippen LogP contribution in [0.3, 0.4) is 0 Å². The molecule has 1 heterocycles. The fourth-order valence-corrected chi connectivity index (χ4v) is 3.54. The Labute approximate surface area is 167 Å². The van der Waals surface area contributed by atoms with Gasteiger partial charge in [-0.3, -0.25) is 4.52 Å². The lowest BCUT2D eigenvalue weighted by Crippen LogP contribution is -2.41. The zero-order valence-electron chi connectivity index (χ0n) is 14.7. The molecule has 1 aromatic carbocycles. The lowest BCUT2D eigenvalue weighted by molar-refractivity contribution is 0.154. The molecule has 2 aromatic rings. The van der Waals surface area contributed by atoms with Gasteiger partial charge in [0.25, 0.3) is 0 Å². The Hall–Kier alpha value is -1.36. The standard InChI is InChI=1S/C18H21ClNO5PS/c1-18(20,13-25-26(21,22)23)11-10-17-9-8-16(27-17)3-2-12-24-15-6-4-14(19)5-7-15/h4-9H,10-13,20H2,1H3,(H2,21,22,23). The summed E-state index contributed by atoms with van der Waals surface area (Å²) in [6.45, 7) is 1.76. The molecular weight excluding hydrogens is 409 g/mol. The van der Waals surface area contributed by atoms with Gasteiger partial charge in [0.2, 0.25) is 0 Å². The summed E-state index contributed by atoms with van der Waals surface area (Å²) in [5, 5.41) is 0.654. The molecule has 6 nitrogen and oxygen atoms in total. The predicted molar refractivity (Wildman–Crippen MR) is 107 cm³/mol. The SMILES string of the molecule is CC(N)(CCc1ccc(C#CCOc2ccc(Cl)cc2)s1)COP(=O)(O)O. The van der Waals surface area contributed by atoms with Crippen LogP contribution in [0.15, 0.2) is 36.4 Å². The number of aryl methyl sites for hydroxylation is 1. The van der Waals surface area contributed by atoms with E-state index in [-0.39, 0.29) is 13.2 Å². The highest BCUT2D eigenvalue weighted by Crippen LogP contribution is 2.37. The number of ether oxygens (including phenoxy) is 1. The third-order valence-corrected chi connectivity index (χ3v) is 5.28. The van der Waals surface area contributed by atoms with E-state index in [4.69, 9.17) is 31.9 Å². The minimum absolute atomic E-state index is 0.211. The second kappa shape index (κ2) is 9.72. The molecule has 0 aliphatic carbocycles. The molecule has 0 amide bonds. The van der Waals surface area contributed by atoms with Crippen molar-refractivity contribution in [2.24, 2.45) is 5.73 Å². The lowest BCUT2D eigenvalue weighted by atomic mass is 9.98. The second-order valence-electron chi connectivity index (χ2n) is 6.23. The van der Waals surface area contributed by atoms with Gasteiger partial charge in [-0.2, -0.15) is 0 Å². The summed E-state index contributed by atoms with van der Waals surface area (Å²) in [6, 6.07) is 11.0. The number of phosphoric ester groups is 1. The molecule has 0 saturated heterocycles. The Morgan fingerprint density at radius 2 is 1.96 bits per heavy atom. The molecule has 146 valence electrons. The molecular formula is C18H21ClNO5PS. The van der Waals surface area contributed by atoms with Crippen molar-refractivity contribution in [3.63, 3.8) is 0 Å². The topological polar surface area (TPSA) is 102 Å². The minimum Gasteiger partial charge on any atom is -0.481 e. The molecule has 0 spiro atoms. The van der Waals surface area contributed by atoms with Gasteiger partial charge in [-0.25, -0.2) is 4.57 Å². The lowest BCUT2D eigenvalue weighted by Gasteiger charge is -2.24. The minimum atomic E-state index is -4.51. The zero-order chi connectivity index (χ0) is 19.9. The highest BCUT2D eigenvalue weighted by Gasteiger charge is 2.24. The normalized spacial score (nSPS) is 13.5. The number of nitrogens with two attached hydrogens (primary N) is 1. The molecule has 27 heavy (non-hydrogen) atoms. The van der Waals surface area contributed by atoms with Crippen LogP contribution in [0.5, 0.6) is 5.75 Å². The largest absolute Gasteiger partial charge is 0.481 e. The van der Waals surface area contributed by atoms with Crippen LogP contribution in [0.4, 0.5) is 0 Å². The highest BCUT2D eigenvalue weighted by atomic mass is 35.5. The van der Waals surface area contributed by atoms with Gasteiger partial charge in [0.15, 0.2) is 0 Å². The smallest absolute Gasteiger partial charge is 0.469 e. The van der Waals surface area contributed by atoms with Crippen LogP contribution in [-0.4, -0.2) is 28.5 Å². The molecule has 0 aliphatic heterocycles. The quantitative estimate of drug-likeness (QED) is 0.438. The predicted octanol–water partition coefficient (Wildman–Crippen LogP) is 3.59. The number of thiophene rings is 1. The van der Waals surface area contributed by atoms with Crippen molar-refractivity contribution in [3.05, 3.63) is 51.2 Å². The van der Waals surface area contributed by atoms with Gasteiger partial charge in [0, 0.05) is 15.4 Å². The highest BCUT2D eigenvalue weighted by molar-refractivity contribution is 7.46. The van der Waals surface area contributed by atoms with Crippen molar-refractivity contribution in [2.75, 3.05) is 13.2 Å². The molecule has 9 heteroatoms. The number of halogens is 1. The summed E-state index contributed by atoms with van der Waals surface area (Å²) in [4.78, 5) is 19.5. The first-order valence-corrected chi connectivity index (χ1v) is 10.8. The number of phosphoric acid groups is 1. The van der Waals surface area contributed by atoms with E-state index in [2.05, 4.69) is 16.4 Å². The maximum Gasteiger partial charge on any atom is 0.469 e. The van der Waals surface area contributed by atoms with Crippen LogP contribution in [-0.2, 0) is 15.5 Å². The summed E-state index contributed by atoms with van der Waals surface area (Å²) in [5.74, 6) is 6.72. The molecule has 0 aliphatic rings. The molecule has 0 fully saturated rings. The van der Waals surface area contributed by atoms with Gasteiger partial charge in [-0.05, 0) is 56.2 Å². The summed E-state index contributed by atoms with van der Waals surface area (Å²) in [7, 11) is -4.51. The molecule has 1 atom stereocenters. The maximum absolute atomic E-state index is 10.8. The van der Waals surface area contributed by atoms with E-state index < -0.39 is 13.4 Å². The first-order valence-electron chi connectivity index (χ1n) is 8.08. The van der Waals surface area contributed by atoms with Gasteiger partial charge >= 0.3 is 7.82 Å². The Balaban J connectivity index is 1.79. The van der Waals surface area contributed by atoms with E-state index in [0.29, 0.717) is 23.6 Å². The van der Waals surface area contributed by atoms with E-state index >= 15 is 0 Å². The van der Waals surface area contributed by atoms with Gasteiger partial charge in [-0.1, -0.05) is 23.4 Å².